The Labute approximate surface area is 117 Å². The molecule has 1 saturated heterocycles. The van der Waals surface area contributed by atoms with E-state index in [4.69, 9.17) is 15.2 Å². The molecule has 2 N–H and O–H groups in total. The highest BCUT2D eigenvalue weighted by Gasteiger charge is 2.32. The number of likely N-dealkylation sites (tertiary alicyclic amines) is 1. The molecule has 0 bridgehead atoms. The SMILES string of the molecule is CN1CCC(OC(=O)CCOc2ccc(N)cc2)C1=O. The topological polar surface area (TPSA) is 81.9 Å². The van der Waals surface area contributed by atoms with Crippen LogP contribution in [0.15, 0.2) is 24.3 Å². The Balaban J connectivity index is 1.70. The number of nitrogens with two attached hydrogens (primary N) is 1. The van der Waals surface area contributed by atoms with Crippen LogP contribution in [0.3, 0.4) is 0 Å². The maximum atomic E-state index is 11.6. The van der Waals surface area contributed by atoms with E-state index in [1.165, 1.54) is 0 Å². The first-order chi connectivity index (χ1) is 9.56. The van der Waals surface area contributed by atoms with Gasteiger partial charge < -0.3 is 20.1 Å². The first kappa shape index (κ1) is 14.2. The van der Waals surface area contributed by atoms with Crippen LogP contribution in [0.4, 0.5) is 5.69 Å². The van der Waals surface area contributed by atoms with Crippen molar-refractivity contribution in [2.45, 2.75) is 18.9 Å². The zero-order chi connectivity index (χ0) is 14.5. The molecule has 1 aliphatic rings. The van der Waals surface area contributed by atoms with Gasteiger partial charge in [-0.3, -0.25) is 9.59 Å². The number of anilines is 1. The fraction of sp³-hybridized carbons (Fsp3) is 0.429. The van der Waals surface area contributed by atoms with Gasteiger partial charge in [0.05, 0.1) is 13.0 Å². The van der Waals surface area contributed by atoms with E-state index in [0.717, 1.165) is 0 Å². The number of rotatable bonds is 5. The van der Waals surface area contributed by atoms with Crippen molar-refractivity contribution in [3.8, 4) is 5.75 Å². The molecule has 0 spiro atoms. The average Bonchev–Trinajstić information content (AvgIpc) is 2.73. The molecular weight excluding hydrogens is 260 g/mol. The van der Waals surface area contributed by atoms with Crippen LogP contribution < -0.4 is 10.5 Å². The Kier molecular flexibility index (Phi) is 4.45. The lowest BCUT2D eigenvalue weighted by atomic mass is 10.3. The van der Waals surface area contributed by atoms with Gasteiger partial charge in [-0.15, -0.1) is 0 Å². The minimum atomic E-state index is -0.635. The predicted octanol–water partition coefficient (Wildman–Crippen LogP) is 0.812. The smallest absolute Gasteiger partial charge is 0.310 e. The van der Waals surface area contributed by atoms with Gasteiger partial charge in [0.15, 0.2) is 6.10 Å². The predicted molar refractivity (Wildman–Crippen MR) is 73.1 cm³/mol. The number of likely N-dealkylation sites (N-methyl/N-ethyl adjacent to an activating group) is 1. The average molecular weight is 278 g/mol. The Morgan fingerprint density at radius 2 is 2.10 bits per heavy atom. The second-order valence-corrected chi connectivity index (χ2v) is 4.69. The minimum absolute atomic E-state index is 0.109. The third kappa shape index (κ3) is 3.63. The fourth-order valence-corrected chi connectivity index (χ4v) is 1.93. The van der Waals surface area contributed by atoms with Crippen molar-refractivity contribution >= 4 is 17.6 Å². The quantitative estimate of drug-likeness (QED) is 0.636. The molecule has 1 aliphatic heterocycles. The molecule has 1 unspecified atom stereocenters. The molecule has 1 fully saturated rings. The monoisotopic (exact) mass is 278 g/mol. The number of esters is 1. The third-order valence-electron chi connectivity index (χ3n) is 3.11. The van der Waals surface area contributed by atoms with E-state index in [1.54, 1.807) is 36.2 Å². The molecule has 6 heteroatoms. The highest BCUT2D eigenvalue weighted by atomic mass is 16.6. The lowest BCUT2D eigenvalue weighted by Crippen LogP contribution is -2.29. The van der Waals surface area contributed by atoms with Crippen LogP contribution in [0.2, 0.25) is 0 Å². The van der Waals surface area contributed by atoms with Gasteiger partial charge in [0.25, 0.3) is 5.91 Å². The maximum absolute atomic E-state index is 11.6. The van der Waals surface area contributed by atoms with Crippen molar-refractivity contribution in [1.82, 2.24) is 4.90 Å². The first-order valence-electron chi connectivity index (χ1n) is 6.49. The van der Waals surface area contributed by atoms with Gasteiger partial charge in [-0.2, -0.15) is 0 Å². The van der Waals surface area contributed by atoms with Gasteiger partial charge in [0.1, 0.15) is 5.75 Å². The lowest BCUT2D eigenvalue weighted by Gasteiger charge is -2.12. The fourth-order valence-electron chi connectivity index (χ4n) is 1.93. The summed E-state index contributed by atoms with van der Waals surface area (Å²) in [5.74, 6) is 0.0792. The van der Waals surface area contributed by atoms with Crippen molar-refractivity contribution in [3.05, 3.63) is 24.3 Å². The molecule has 1 heterocycles. The van der Waals surface area contributed by atoms with Crippen LogP contribution in [0.1, 0.15) is 12.8 Å². The summed E-state index contributed by atoms with van der Waals surface area (Å²) < 4.78 is 10.5. The number of nitrogen functional groups attached to an aromatic ring is 1. The van der Waals surface area contributed by atoms with Crippen LogP contribution in [-0.2, 0) is 14.3 Å². The molecule has 0 radical (unpaired) electrons. The Morgan fingerprint density at radius 3 is 2.70 bits per heavy atom. The number of nitrogens with zero attached hydrogens (tertiary/aromatic N) is 1. The van der Waals surface area contributed by atoms with E-state index < -0.39 is 12.1 Å². The largest absolute Gasteiger partial charge is 0.493 e. The van der Waals surface area contributed by atoms with Gasteiger partial charge in [-0.05, 0) is 24.3 Å². The third-order valence-corrected chi connectivity index (χ3v) is 3.11. The zero-order valence-electron chi connectivity index (χ0n) is 11.4. The number of hydrogen-bond donors (Lipinski definition) is 1. The molecule has 1 atom stereocenters. The van der Waals surface area contributed by atoms with Gasteiger partial charge in [-0.1, -0.05) is 0 Å². The second-order valence-electron chi connectivity index (χ2n) is 4.69. The highest BCUT2D eigenvalue weighted by Crippen LogP contribution is 2.15. The first-order valence-corrected chi connectivity index (χ1v) is 6.49. The zero-order valence-corrected chi connectivity index (χ0v) is 11.4. The van der Waals surface area contributed by atoms with E-state index >= 15 is 0 Å². The summed E-state index contributed by atoms with van der Waals surface area (Å²) in [6.07, 6.45) is 0.0293. The molecule has 1 aromatic carbocycles. The Morgan fingerprint density at radius 1 is 1.40 bits per heavy atom. The van der Waals surface area contributed by atoms with Crippen LogP contribution in [-0.4, -0.2) is 43.1 Å². The number of benzene rings is 1. The molecule has 1 aromatic rings. The summed E-state index contributed by atoms with van der Waals surface area (Å²) in [5.41, 5.74) is 6.21. The van der Waals surface area contributed by atoms with Crippen molar-refractivity contribution in [1.29, 1.82) is 0 Å². The lowest BCUT2D eigenvalue weighted by molar-refractivity contribution is -0.156. The number of ether oxygens (including phenoxy) is 2. The van der Waals surface area contributed by atoms with Crippen LogP contribution >= 0.6 is 0 Å². The Bertz CT molecular complexity index is 486. The van der Waals surface area contributed by atoms with Crippen molar-refractivity contribution < 1.29 is 19.1 Å². The molecule has 2 rings (SSSR count). The standard InChI is InChI=1S/C14H18N2O4/c1-16-8-6-12(14(16)18)20-13(17)7-9-19-11-4-2-10(15)3-5-11/h2-5,12H,6-9,15H2,1H3. The van der Waals surface area contributed by atoms with Gasteiger partial charge >= 0.3 is 5.97 Å². The van der Waals surface area contributed by atoms with Crippen molar-refractivity contribution in [2.75, 3.05) is 25.9 Å². The van der Waals surface area contributed by atoms with Gasteiger partial charge in [0.2, 0.25) is 0 Å². The van der Waals surface area contributed by atoms with E-state index in [2.05, 4.69) is 0 Å². The maximum Gasteiger partial charge on any atom is 0.310 e. The summed E-state index contributed by atoms with van der Waals surface area (Å²) in [4.78, 5) is 24.7. The van der Waals surface area contributed by atoms with Crippen LogP contribution in [0.25, 0.3) is 0 Å². The summed E-state index contributed by atoms with van der Waals surface area (Å²) >= 11 is 0. The molecule has 1 amide bonds. The van der Waals surface area contributed by atoms with Gasteiger partial charge in [-0.25, -0.2) is 0 Å². The molecule has 0 aromatic heterocycles. The van der Waals surface area contributed by atoms with E-state index in [1.807, 2.05) is 0 Å². The number of hydrogen-bond acceptors (Lipinski definition) is 5. The number of carbonyl (C=O) groups excluding carboxylic acids is 2. The van der Waals surface area contributed by atoms with Crippen molar-refractivity contribution in [3.63, 3.8) is 0 Å². The second kappa shape index (κ2) is 6.27. The Hall–Kier alpha value is -2.24. The highest BCUT2D eigenvalue weighted by molar-refractivity contribution is 5.85. The van der Waals surface area contributed by atoms with E-state index in [9.17, 15) is 9.59 Å². The molecular formula is C14H18N2O4. The molecule has 108 valence electrons. The number of amides is 1. The summed E-state index contributed by atoms with van der Waals surface area (Å²) in [7, 11) is 1.69. The summed E-state index contributed by atoms with van der Waals surface area (Å²) in [6, 6.07) is 6.91. The van der Waals surface area contributed by atoms with E-state index in [0.29, 0.717) is 24.4 Å². The molecule has 0 saturated carbocycles. The number of carbonyl (C=O) groups is 2. The van der Waals surface area contributed by atoms with Gasteiger partial charge in [0, 0.05) is 25.7 Å². The molecule has 20 heavy (non-hydrogen) atoms. The molecule has 6 nitrogen and oxygen atoms in total. The van der Waals surface area contributed by atoms with Crippen molar-refractivity contribution in [2.24, 2.45) is 0 Å². The normalized spacial score (nSPS) is 18.1. The molecule has 0 aliphatic carbocycles. The van der Waals surface area contributed by atoms with Crippen LogP contribution in [0, 0.1) is 0 Å². The summed E-state index contributed by atoms with van der Waals surface area (Å²) in [5, 5.41) is 0. The van der Waals surface area contributed by atoms with E-state index in [-0.39, 0.29) is 18.9 Å². The minimum Gasteiger partial charge on any atom is -0.493 e. The van der Waals surface area contributed by atoms with Crippen LogP contribution in [0.5, 0.6) is 5.75 Å². The summed E-state index contributed by atoms with van der Waals surface area (Å²) in [6.45, 7) is 0.832.